The predicted octanol–water partition coefficient (Wildman–Crippen LogP) is 12.8. The summed E-state index contributed by atoms with van der Waals surface area (Å²) in [5.74, 6) is 1.16. The number of ether oxygens (including phenoxy) is 3. The minimum absolute atomic E-state index is 0.365. The summed E-state index contributed by atoms with van der Waals surface area (Å²) < 4.78 is 20.5. The predicted molar refractivity (Wildman–Crippen MR) is 288 cm³/mol. The zero-order valence-corrected chi connectivity index (χ0v) is 42.1. The normalized spacial score (nSPS) is 12.3. The molecule has 0 radical (unpaired) electrons. The van der Waals surface area contributed by atoms with Gasteiger partial charge in [-0.15, -0.1) is 0 Å². The Labute approximate surface area is 411 Å². The van der Waals surface area contributed by atoms with Crippen LogP contribution in [0.15, 0.2) is 206 Å². The van der Waals surface area contributed by atoms with Crippen LogP contribution in [-0.4, -0.2) is 11.9 Å². The van der Waals surface area contributed by atoms with E-state index < -0.39 is 27.7 Å². The zero-order chi connectivity index (χ0) is 48.3. The van der Waals surface area contributed by atoms with Gasteiger partial charge < -0.3 is 14.2 Å². The molecule has 5 nitrogen and oxygen atoms in total. The van der Waals surface area contributed by atoms with E-state index in [2.05, 4.69) is 100 Å². The molecule has 8 aromatic carbocycles. The quantitative estimate of drug-likeness (QED) is 0.0487. The largest absolute Gasteiger partial charge is 0.456 e. The molecule has 0 aliphatic heterocycles. The first-order chi connectivity index (χ1) is 33.5. The zero-order valence-electron chi connectivity index (χ0n) is 40.3. The van der Waals surface area contributed by atoms with Crippen molar-refractivity contribution >= 4 is 59.6 Å². The van der Waals surface area contributed by atoms with Crippen molar-refractivity contribution in [1.29, 1.82) is 0 Å². The summed E-state index contributed by atoms with van der Waals surface area (Å²) in [5.41, 5.74) is 4.25. The van der Waals surface area contributed by atoms with Crippen LogP contribution in [-0.2, 0) is 22.4 Å². The lowest BCUT2D eigenvalue weighted by Crippen LogP contribution is -2.28. The fourth-order valence-electron chi connectivity index (χ4n) is 8.51. The molecule has 69 heavy (non-hydrogen) atoms. The molecule has 8 rings (SSSR count). The van der Waals surface area contributed by atoms with Gasteiger partial charge in [0.25, 0.3) is 0 Å². The number of rotatable bonds is 18. The first kappa shape index (κ1) is 48.8. The lowest BCUT2D eigenvalue weighted by Gasteiger charge is -2.27. The maximum Gasteiger partial charge on any atom is 0.318 e. The van der Waals surface area contributed by atoms with Crippen LogP contribution < -0.4 is 46.0 Å². The van der Waals surface area contributed by atoms with Gasteiger partial charge in [0.05, 0.1) is 22.4 Å². The molecule has 0 amide bonds. The molecular formula is C62H60O5P2. The number of carbonyl (C=O) groups is 2. The second-order valence-electron chi connectivity index (χ2n) is 18.3. The van der Waals surface area contributed by atoms with Crippen LogP contribution in [0.5, 0.6) is 23.0 Å². The van der Waals surface area contributed by atoms with Gasteiger partial charge in [-0.1, -0.05) is 210 Å². The van der Waals surface area contributed by atoms with E-state index in [1.165, 1.54) is 11.1 Å². The van der Waals surface area contributed by atoms with Crippen molar-refractivity contribution in [2.75, 3.05) is 0 Å². The number of hydrogen-bond donors (Lipinski definition) is 0. The molecule has 0 fully saturated rings. The lowest BCUT2D eigenvalue weighted by molar-refractivity contribution is -0.136. The molecule has 0 unspecified atom stereocenters. The van der Waals surface area contributed by atoms with Crippen LogP contribution in [0.3, 0.4) is 0 Å². The Morgan fingerprint density at radius 1 is 0.362 bits per heavy atom. The summed E-state index contributed by atoms with van der Waals surface area (Å²) >= 11 is 0. The molecule has 0 heterocycles. The molecule has 8 aromatic rings. The molecule has 0 aliphatic rings. The van der Waals surface area contributed by atoms with Crippen LogP contribution in [0, 0.1) is 11.8 Å². The lowest BCUT2D eigenvalue weighted by atomic mass is 9.97. The van der Waals surface area contributed by atoms with E-state index in [1.54, 1.807) is 0 Å². The van der Waals surface area contributed by atoms with Crippen molar-refractivity contribution in [3.63, 3.8) is 0 Å². The standard InChI is InChI=1S/C62H60O5P2/c1-43(2)41-47-33-37-49(38-34-47)45(5)61(63)66-57-31-19-29-55(59(57)68(51-21-11-7-12-22-51)52-23-13-8-14-24-52)65-56-30-20-32-58(67-62(64)46(6)50-39-35-48(36-40-50)42-44(3)4)60(56)69(53-25-15-9-16-26-53)54-27-17-10-18-28-54/h7-40,43-46H,41-42H2,1-6H3/t45-,46-/m0/s1. The Morgan fingerprint density at radius 3 is 0.942 bits per heavy atom. The average molecular weight is 947 g/mol. The Hall–Kier alpha value is -6.64. The summed E-state index contributed by atoms with van der Waals surface area (Å²) in [5, 5.41) is 5.75. The second-order valence-corrected chi connectivity index (χ2v) is 22.6. The highest BCUT2D eigenvalue weighted by Crippen LogP contribution is 2.45. The van der Waals surface area contributed by atoms with Crippen molar-refractivity contribution in [2.24, 2.45) is 11.8 Å². The fourth-order valence-corrected chi connectivity index (χ4v) is 13.4. The molecule has 0 saturated carbocycles. The highest BCUT2D eigenvalue weighted by molar-refractivity contribution is 7.80. The highest BCUT2D eigenvalue weighted by atomic mass is 31.1. The number of benzene rings is 8. The third-order valence-electron chi connectivity index (χ3n) is 12.0. The molecule has 7 heteroatoms. The maximum absolute atomic E-state index is 14.4. The summed E-state index contributed by atoms with van der Waals surface area (Å²) in [4.78, 5) is 28.8. The molecule has 0 spiro atoms. The van der Waals surface area contributed by atoms with Crippen molar-refractivity contribution in [3.05, 3.63) is 229 Å². The summed E-state index contributed by atoms with van der Waals surface area (Å²) in [7, 11) is -2.72. The Balaban J connectivity index is 1.27. The van der Waals surface area contributed by atoms with E-state index >= 15 is 0 Å². The molecule has 0 saturated heterocycles. The van der Waals surface area contributed by atoms with Crippen LogP contribution in [0.1, 0.15) is 75.6 Å². The maximum atomic E-state index is 14.4. The van der Waals surface area contributed by atoms with E-state index in [4.69, 9.17) is 14.2 Å². The third kappa shape index (κ3) is 12.2. The van der Waals surface area contributed by atoms with Gasteiger partial charge in [-0.3, -0.25) is 9.59 Å². The Kier molecular flexibility index (Phi) is 16.3. The van der Waals surface area contributed by atoms with Gasteiger partial charge in [0.15, 0.2) is 0 Å². The fraction of sp³-hybridized carbons (Fsp3) is 0.194. The van der Waals surface area contributed by atoms with Gasteiger partial charge in [-0.2, -0.15) is 0 Å². The van der Waals surface area contributed by atoms with Crippen LogP contribution in [0.2, 0.25) is 0 Å². The van der Waals surface area contributed by atoms with Gasteiger partial charge >= 0.3 is 11.9 Å². The molecule has 348 valence electrons. The van der Waals surface area contributed by atoms with Crippen molar-refractivity contribution < 1.29 is 23.8 Å². The first-order valence-corrected chi connectivity index (χ1v) is 26.6. The van der Waals surface area contributed by atoms with Crippen LogP contribution >= 0.6 is 15.8 Å². The van der Waals surface area contributed by atoms with E-state index in [9.17, 15) is 9.59 Å². The van der Waals surface area contributed by atoms with Gasteiger partial charge in [-0.05, 0) is 122 Å². The molecule has 0 bridgehead atoms. The smallest absolute Gasteiger partial charge is 0.318 e. The third-order valence-corrected chi connectivity index (χ3v) is 17.1. The number of hydrogen-bond acceptors (Lipinski definition) is 5. The average Bonchev–Trinajstić information content (AvgIpc) is 3.36. The SMILES string of the molecule is CC(C)Cc1ccc([C@H](C)C(=O)Oc2cccc(Oc3cccc(OC(=O)[C@@H](C)c4ccc(CC(C)C)cc4)c3P(c3ccccc3)c3ccccc3)c2P(c2ccccc2)c2ccccc2)cc1. The number of carbonyl (C=O) groups excluding carboxylic acids is 2. The highest BCUT2D eigenvalue weighted by Gasteiger charge is 2.31. The van der Waals surface area contributed by atoms with Crippen LogP contribution in [0.4, 0.5) is 0 Å². The molecular weight excluding hydrogens is 887 g/mol. The van der Waals surface area contributed by atoms with Gasteiger partial charge in [-0.25, -0.2) is 0 Å². The summed E-state index contributed by atoms with van der Waals surface area (Å²) in [6.45, 7) is 12.6. The molecule has 0 aliphatic carbocycles. The van der Waals surface area contributed by atoms with E-state index in [-0.39, 0.29) is 11.9 Å². The number of esters is 2. The Morgan fingerprint density at radius 2 is 0.652 bits per heavy atom. The summed E-state index contributed by atoms with van der Waals surface area (Å²) in [6.07, 6.45) is 1.94. The van der Waals surface area contributed by atoms with Crippen molar-refractivity contribution in [2.45, 2.75) is 66.2 Å². The molecule has 0 N–H and O–H groups in total. The van der Waals surface area contributed by atoms with Crippen molar-refractivity contribution in [1.82, 2.24) is 0 Å². The van der Waals surface area contributed by atoms with Gasteiger partial charge in [0.2, 0.25) is 0 Å². The molecule has 0 aromatic heterocycles. The van der Waals surface area contributed by atoms with E-state index in [1.807, 2.05) is 147 Å². The van der Waals surface area contributed by atoms with Gasteiger partial charge in [0, 0.05) is 0 Å². The van der Waals surface area contributed by atoms with Gasteiger partial charge in [0.1, 0.15) is 23.0 Å². The minimum Gasteiger partial charge on any atom is -0.456 e. The topological polar surface area (TPSA) is 61.8 Å². The molecule has 2 atom stereocenters. The van der Waals surface area contributed by atoms with Crippen molar-refractivity contribution in [3.8, 4) is 23.0 Å². The monoisotopic (exact) mass is 946 g/mol. The second kappa shape index (κ2) is 23.1. The van der Waals surface area contributed by atoms with E-state index in [0.29, 0.717) is 34.8 Å². The van der Waals surface area contributed by atoms with E-state index in [0.717, 1.165) is 55.8 Å². The Bertz CT molecular complexity index is 2640. The van der Waals surface area contributed by atoms with Crippen LogP contribution in [0.25, 0.3) is 0 Å². The first-order valence-electron chi connectivity index (χ1n) is 23.9. The minimum atomic E-state index is -1.36. The summed E-state index contributed by atoms with van der Waals surface area (Å²) in [6, 6.07) is 69.3.